The molecule has 0 aliphatic carbocycles. The molecule has 0 bridgehead atoms. The molecule has 0 amide bonds. The van der Waals surface area contributed by atoms with E-state index in [1.807, 2.05) is 36.6 Å². The Labute approximate surface area is 123 Å². The molecule has 5 heteroatoms. The van der Waals surface area contributed by atoms with Gasteiger partial charge in [0.2, 0.25) is 0 Å². The van der Waals surface area contributed by atoms with Crippen molar-refractivity contribution in [2.75, 3.05) is 19.8 Å². The van der Waals surface area contributed by atoms with Gasteiger partial charge in [0.15, 0.2) is 0 Å². The minimum atomic E-state index is 0.403. The number of hydrogen-bond donors (Lipinski definition) is 2. The van der Waals surface area contributed by atoms with Crippen molar-refractivity contribution in [3.8, 4) is 11.1 Å². The van der Waals surface area contributed by atoms with Crippen LogP contribution in [0.3, 0.4) is 0 Å². The molecular formula is C15H18N4S. The van der Waals surface area contributed by atoms with Crippen LogP contribution in [0.1, 0.15) is 12.5 Å². The zero-order valence-electron chi connectivity index (χ0n) is 11.8. The molecule has 3 N–H and O–H groups in total. The first-order chi connectivity index (χ1) is 9.47. The van der Waals surface area contributed by atoms with Gasteiger partial charge in [0.25, 0.3) is 0 Å². The van der Waals surface area contributed by atoms with Crippen molar-refractivity contribution in [2.45, 2.75) is 11.8 Å². The monoisotopic (exact) mass is 286 g/mol. The van der Waals surface area contributed by atoms with Gasteiger partial charge >= 0.3 is 0 Å². The second-order valence-electron chi connectivity index (χ2n) is 4.71. The van der Waals surface area contributed by atoms with Crippen molar-refractivity contribution in [3.05, 3.63) is 42.1 Å². The lowest BCUT2D eigenvalue weighted by Crippen LogP contribution is -2.02. The smallest absolute Gasteiger partial charge is 0.132 e. The number of nitrogens with one attached hydrogen (secondary N) is 1. The Hall–Kier alpha value is -1.85. The van der Waals surface area contributed by atoms with E-state index in [0.717, 1.165) is 16.0 Å². The molecule has 0 aliphatic heterocycles. The number of benzene rings is 1. The third kappa shape index (κ3) is 3.37. The molecule has 0 spiro atoms. The van der Waals surface area contributed by atoms with Crippen LogP contribution in [0.2, 0.25) is 0 Å². The normalized spacial score (nSPS) is 10.8. The summed E-state index contributed by atoms with van der Waals surface area (Å²) in [6, 6.07) is 10.2. The zero-order chi connectivity index (χ0) is 14.7. The molecule has 0 atom stereocenters. The fourth-order valence-corrected chi connectivity index (χ4v) is 2.62. The average molecular weight is 286 g/mol. The Bertz CT molecular complexity index is 638. The fourth-order valence-electron chi connectivity index (χ4n) is 1.88. The molecule has 1 aromatic carbocycles. The van der Waals surface area contributed by atoms with Crippen LogP contribution in [0, 0.1) is 5.41 Å². The van der Waals surface area contributed by atoms with Crippen LogP contribution in [0.5, 0.6) is 0 Å². The van der Waals surface area contributed by atoms with Crippen LogP contribution in [-0.4, -0.2) is 29.1 Å². The van der Waals surface area contributed by atoms with E-state index in [4.69, 9.17) is 11.1 Å². The third-order valence-electron chi connectivity index (χ3n) is 2.78. The maximum atomic E-state index is 7.74. The third-order valence-corrected chi connectivity index (χ3v) is 3.61. The Morgan fingerprint density at radius 3 is 2.65 bits per heavy atom. The number of pyridine rings is 1. The number of rotatable bonds is 4. The fraction of sp³-hybridized carbons (Fsp3) is 0.200. The van der Waals surface area contributed by atoms with Crippen LogP contribution in [0.15, 0.2) is 41.4 Å². The maximum absolute atomic E-state index is 7.74. The molecule has 0 unspecified atom stereocenters. The number of nitrogens with two attached hydrogens (primary N) is 1. The van der Waals surface area contributed by atoms with Gasteiger partial charge in [0.05, 0.1) is 0 Å². The topological polar surface area (TPSA) is 66.0 Å². The molecule has 0 radical (unpaired) electrons. The lowest BCUT2D eigenvalue weighted by Gasteiger charge is -2.11. The van der Waals surface area contributed by atoms with Crippen LogP contribution < -0.4 is 5.73 Å². The Morgan fingerprint density at radius 2 is 2.00 bits per heavy atom. The summed E-state index contributed by atoms with van der Waals surface area (Å²) in [6.07, 6.45) is 1.75. The van der Waals surface area contributed by atoms with E-state index < -0.39 is 0 Å². The molecule has 1 aromatic heterocycles. The molecule has 2 rings (SSSR count). The van der Waals surface area contributed by atoms with Gasteiger partial charge in [-0.05, 0) is 56.7 Å². The molecule has 2 aromatic rings. The molecule has 4 nitrogen and oxygen atoms in total. The SMILES string of the molecule is CC(=N)c1cc(-c2cccc(SN(C)C)c2)cnc1N. The first-order valence-electron chi connectivity index (χ1n) is 6.24. The summed E-state index contributed by atoms with van der Waals surface area (Å²) in [5.41, 5.74) is 8.97. The van der Waals surface area contributed by atoms with Crippen LogP contribution >= 0.6 is 11.9 Å². The van der Waals surface area contributed by atoms with Gasteiger partial charge in [-0.25, -0.2) is 4.98 Å². The van der Waals surface area contributed by atoms with Crippen molar-refractivity contribution in [1.82, 2.24) is 9.29 Å². The summed E-state index contributed by atoms with van der Waals surface area (Å²) >= 11 is 1.67. The van der Waals surface area contributed by atoms with E-state index in [0.29, 0.717) is 17.1 Å². The van der Waals surface area contributed by atoms with E-state index in [1.165, 1.54) is 0 Å². The highest BCUT2D eigenvalue weighted by molar-refractivity contribution is 7.97. The van der Waals surface area contributed by atoms with Gasteiger partial charge in [-0.2, -0.15) is 0 Å². The molecule has 0 saturated carbocycles. The number of nitrogen functional groups attached to an aromatic ring is 1. The van der Waals surface area contributed by atoms with Crippen molar-refractivity contribution in [3.63, 3.8) is 0 Å². The lowest BCUT2D eigenvalue weighted by atomic mass is 10.0. The summed E-state index contributed by atoms with van der Waals surface area (Å²) in [7, 11) is 4.03. The van der Waals surface area contributed by atoms with E-state index in [9.17, 15) is 0 Å². The lowest BCUT2D eigenvalue weighted by molar-refractivity contribution is 0.703. The highest BCUT2D eigenvalue weighted by Gasteiger charge is 2.07. The molecule has 0 aliphatic rings. The standard InChI is InChI=1S/C15H18N4S/c1-10(16)14-8-12(9-18-15(14)17)11-5-4-6-13(7-11)20-19(2)3/h4-9,16H,1-3H3,(H2,17,18). The summed E-state index contributed by atoms with van der Waals surface area (Å²) < 4.78 is 2.05. The summed E-state index contributed by atoms with van der Waals surface area (Å²) in [5.74, 6) is 0.403. The summed E-state index contributed by atoms with van der Waals surface area (Å²) in [4.78, 5) is 5.35. The highest BCUT2D eigenvalue weighted by atomic mass is 32.2. The molecule has 20 heavy (non-hydrogen) atoms. The second-order valence-corrected chi connectivity index (χ2v) is 6.10. The largest absolute Gasteiger partial charge is 0.383 e. The molecule has 1 heterocycles. The predicted molar refractivity (Wildman–Crippen MR) is 86.1 cm³/mol. The zero-order valence-corrected chi connectivity index (χ0v) is 12.7. The summed E-state index contributed by atoms with van der Waals surface area (Å²) in [5, 5.41) is 7.74. The summed E-state index contributed by atoms with van der Waals surface area (Å²) in [6.45, 7) is 1.72. The minimum Gasteiger partial charge on any atom is -0.383 e. The first-order valence-corrected chi connectivity index (χ1v) is 7.01. The van der Waals surface area contributed by atoms with Gasteiger partial charge in [-0.3, -0.25) is 4.31 Å². The maximum Gasteiger partial charge on any atom is 0.132 e. The van der Waals surface area contributed by atoms with Crippen LogP contribution in [0.4, 0.5) is 5.82 Å². The predicted octanol–water partition coefficient (Wildman–Crippen LogP) is 3.29. The van der Waals surface area contributed by atoms with Gasteiger partial charge < -0.3 is 11.1 Å². The number of nitrogens with zero attached hydrogens (tertiary/aromatic N) is 2. The Balaban J connectivity index is 2.41. The quantitative estimate of drug-likeness (QED) is 0.668. The van der Waals surface area contributed by atoms with Gasteiger partial charge in [0, 0.05) is 27.9 Å². The molecule has 0 fully saturated rings. The first kappa shape index (κ1) is 14.6. The van der Waals surface area contributed by atoms with Gasteiger partial charge in [0.1, 0.15) is 5.82 Å². The Morgan fingerprint density at radius 1 is 1.25 bits per heavy atom. The minimum absolute atomic E-state index is 0.403. The number of hydrogen-bond acceptors (Lipinski definition) is 5. The molecule has 104 valence electrons. The van der Waals surface area contributed by atoms with Gasteiger partial charge in [-0.15, -0.1) is 0 Å². The highest BCUT2D eigenvalue weighted by Crippen LogP contribution is 2.27. The van der Waals surface area contributed by atoms with E-state index in [1.54, 1.807) is 25.1 Å². The van der Waals surface area contributed by atoms with E-state index in [-0.39, 0.29) is 0 Å². The van der Waals surface area contributed by atoms with Crippen molar-refractivity contribution in [1.29, 1.82) is 5.41 Å². The van der Waals surface area contributed by atoms with E-state index >= 15 is 0 Å². The second kappa shape index (κ2) is 6.07. The molecular weight excluding hydrogens is 268 g/mol. The van der Waals surface area contributed by atoms with Crippen molar-refractivity contribution >= 4 is 23.5 Å². The van der Waals surface area contributed by atoms with Crippen molar-refractivity contribution < 1.29 is 0 Å². The van der Waals surface area contributed by atoms with Crippen LogP contribution in [0.25, 0.3) is 11.1 Å². The average Bonchev–Trinajstić information content (AvgIpc) is 2.38. The number of aromatic nitrogens is 1. The van der Waals surface area contributed by atoms with Crippen LogP contribution in [-0.2, 0) is 0 Å². The van der Waals surface area contributed by atoms with Crippen molar-refractivity contribution in [2.24, 2.45) is 0 Å². The van der Waals surface area contributed by atoms with Gasteiger partial charge in [-0.1, -0.05) is 12.1 Å². The number of anilines is 1. The Kier molecular flexibility index (Phi) is 4.42. The van der Waals surface area contributed by atoms with E-state index in [2.05, 4.69) is 17.1 Å². The molecule has 0 saturated heterocycles.